The summed E-state index contributed by atoms with van der Waals surface area (Å²) >= 11 is 1.77. The first-order chi connectivity index (χ1) is 4.75. The second-order valence-electron chi connectivity index (χ2n) is 2.13. The first kappa shape index (κ1) is 7.72. The lowest BCUT2D eigenvalue weighted by Crippen LogP contribution is -2.32. The van der Waals surface area contributed by atoms with Crippen molar-refractivity contribution in [3.8, 4) is 0 Å². The summed E-state index contributed by atoms with van der Waals surface area (Å²) in [7, 11) is 1.41. The van der Waals surface area contributed by atoms with Gasteiger partial charge < -0.3 is 4.74 Å². The van der Waals surface area contributed by atoms with Gasteiger partial charge >= 0.3 is 6.09 Å². The Kier molecular flexibility index (Phi) is 2.43. The highest BCUT2D eigenvalue weighted by Crippen LogP contribution is 2.22. The molecule has 0 aliphatic carbocycles. The zero-order valence-electron chi connectivity index (χ0n) is 6.16. The number of amides is 1. The summed E-state index contributed by atoms with van der Waals surface area (Å²) in [6.07, 6.45) is -0.211. The van der Waals surface area contributed by atoms with Crippen molar-refractivity contribution in [2.75, 3.05) is 19.4 Å². The molecule has 1 aliphatic heterocycles. The van der Waals surface area contributed by atoms with Crippen molar-refractivity contribution in [1.29, 1.82) is 0 Å². The average Bonchev–Trinajstić information content (AvgIpc) is 2.34. The predicted molar refractivity (Wildman–Crippen MR) is 41.0 cm³/mol. The molecular formula is C6H11NO2S. The summed E-state index contributed by atoms with van der Waals surface area (Å²) in [5.41, 5.74) is 0. The Morgan fingerprint density at radius 2 is 2.50 bits per heavy atom. The second-order valence-corrected chi connectivity index (χ2v) is 3.56. The highest BCUT2D eigenvalue weighted by atomic mass is 32.2. The second kappa shape index (κ2) is 3.14. The van der Waals surface area contributed by atoms with Gasteiger partial charge in [0.15, 0.2) is 0 Å². The summed E-state index contributed by atoms with van der Waals surface area (Å²) in [6, 6.07) is 0. The molecule has 1 rings (SSSR count). The van der Waals surface area contributed by atoms with Crippen LogP contribution in [0.25, 0.3) is 0 Å². The minimum absolute atomic E-state index is 0.211. The molecule has 0 saturated carbocycles. The number of hydrogen-bond acceptors (Lipinski definition) is 3. The Labute approximate surface area is 64.7 Å². The number of nitrogens with zero attached hydrogens (tertiary/aromatic N) is 1. The van der Waals surface area contributed by atoms with E-state index in [1.54, 1.807) is 16.7 Å². The SMILES string of the molecule is COC(=O)N1CCSC1C. The van der Waals surface area contributed by atoms with Gasteiger partial charge in [-0.15, -0.1) is 11.8 Å². The van der Waals surface area contributed by atoms with Crippen molar-refractivity contribution in [3.63, 3.8) is 0 Å². The van der Waals surface area contributed by atoms with E-state index in [-0.39, 0.29) is 11.5 Å². The summed E-state index contributed by atoms with van der Waals surface area (Å²) in [5.74, 6) is 1.02. The number of ether oxygens (including phenoxy) is 1. The number of rotatable bonds is 0. The van der Waals surface area contributed by atoms with Crippen LogP contribution < -0.4 is 0 Å². The van der Waals surface area contributed by atoms with Crippen LogP contribution in [0.3, 0.4) is 0 Å². The third-order valence-corrected chi connectivity index (χ3v) is 2.69. The maximum absolute atomic E-state index is 10.9. The van der Waals surface area contributed by atoms with Gasteiger partial charge in [0.05, 0.1) is 12.5 Å². The van der Waals surface area contributed by atoms with Crippen molar-refractivity contribution in [2.24, 2.45) is 0 Å². The van der Waals surface area contributed by atoms with Crippen LogP contribution in [0.2, 0.25) is 0 Å². The van der Waals surface area contributed by atoms with E-state index in [4.69, 9.17) is 0 Å². The molecule has 1 aliphatic rings. The van der Waals surface area contributed by atoms with Gasteiger partial charge in [-0.3, -0.25) is 4.90 Å². The number of carbonyl (C=O) groups excluding carboxylic acids is 1. The lowest BCUT2D eigenvalue weighted by molar-refractivity contribution is 0.127. The first-order valence-electron chi connectivity index (χ1n) is 3.22. The third-order valence-electron chi connectivity index (χ3n) is 1.54. The number of carbonyl (C=O) groups is 1. The molecule has 0 radical (unpaired) electrons. The molecule has 1 heterocycles. The quantitative estimate of drug-likeness (QED) is 0.533. The lowest BCUT2D eigenvalue weighted by atomic mass is 10.6. The number of hydrogen-bond donors (Lipinski definition) is 0. The maximum atomic E-state index is 10.9. The van der Waals surface area contributed by atoms with Crippen LogP contribution in [-0.2, 0) is 4.74 Å². The van der Waals surface area contributed by atoms with Gasteiger partial charge in [0.25, 0.3) is 0 Å². The molecule has 0 aromatic heterocycles. The van der Waals surface area contributed by atoms with Gasteiger partial charge in [-0.2, -0.15) is 0 Å². The molecule has 1 fully saturated rings. The highest BCUT2D eigenvalue weighted by Gasteiger charge is 2.25. The number of methoxy groups -OCH3 is 1. The predicted octanol–water partition coefficient (Wildman–Crippen LogP) is 1.15. The standard InChI is InChI=1S/C6H11NO2S/c1-5-7(3-4-10-5)6(8)9-2/h5H,3-4H2,1-2H3. The molecule has 4 heteroatoms. The van der Waals surface area contributed by atoms with Crippen LogP contribution in [0.5, 0.6) is 0 Å². The molecule has 0 aromatic carbocycles. The molecule has 1 saturated heterocycles. The third kappa shape index (κ3) is 1.37. The molecule has 0 bridgehead atoms. The number of thioether (sulfide) groups is 1. The summed E-state index contributed by atoms with van der Waals surface area (Å²) in [4.78, 5) is 12.6. The Morgan fingerprint density at radius 1 is 1.80 bits per heavy atom. The van der Waals surface area contributed by atoms with Crippen LogP contribution >= 0.6 is 11.8 Å². The summed E-state index contributed by atoms with van der Waals surface area (Å²) in [5, 5.41) is 0.285. The van der Waals surface area contributed by atoms with Crippen molar-refractivity contribution in [1.82, 2.24) is 4.90 Å². The molecule has 1 atom stereocenters. The van der Waals surface area contributed by atoms with Crippen LogP contribution in [-0.4, -0.2) is 35.8 Å². The first-order valence-corrected chi connectivity index (χ1v) is 4.27. The molecular weight excluding hydrogens is 150 g/mol. The minimum atomic E-state index is -0.211. The molecule has 0 aromatic rings. The Balaban J connectivity index is 2.46. The van der Waals surface area contributed by atoms with E-state index in [0.717, 1.165) is 12.3 Å². The van der Waals surface area contributed by atoms with Gasteiger partial charge in [-0.25, -0.2) is 4.79 Å². The van der Waals surface area contributed by atoms with E-state index < -0.39 is 0 Å². The Hall–Kier alpha value is -0.380. The fraction of sp³-hybridized carbons (Fsp3) is 0.833. The van der Waals surface area contributed by atoms with Crippen LogP contribution in [0.4, 0.5) is 4.79 Å². The van der Waals surface area contributed by atoms with Crippen LogP contribution in [0.1, 0.15) is 6.92 Å². The molecule has 3 nitrogen and oxygen atoms in total. The van der Waals surface area contributed by atoms with Crippen molar-refractivity contribution < 1.29 is 9.53 Å². The molecule has 1 amide bonds. The van der Waals surface area contributed by atoms with Crippen molar-refractivity contribution >= 4 is 17.9 Å². The lowest BCUT2D eigenvalue weighted by Gasteiger charge is -2.17. The zero-order chi connectivity index (χ0) is 7.56. The molecule has 0 spiro atoms. The summed E-state index contributed by atoms with van der Waals surface area (Å²) in [6.45, 7) is 2.83. The maximum Gasteiger partial charge on any atom is 0.410 e. The van der Waals surface area contributed by atoms with Crippen LogP contribution in [0, 0.1) is 0 Å². The minimum Gasteiger partial charge on any atom is -0.453 e. The molecule has 58 valence electrons. The van der Waals surface area contributed by atoms with E-state index in [1.807, 2.05) is 6.92 Å². The fourth-order valence-corrected chi connectivity index (χ4v) is 1.97. The Bertz CT molecular complexity index is 140. The van der Waals surface area contributed by atoms with E-state index in [0.29, 0.717) is 0 Å². The van der Waals surface area contributed by atoms with Gasteiger partial charge in [0.1, 0.15) is 0 Å². The summed E-state index contributed by atoms with van der Waals surface area (Å²) < 4.78 is 4.58. The largest absolute Gasteiger partial charge is 0.453 e. The van der Waals surface area contributed by atoms with Crippen LogP contribution in [0.15, 0.2) is 0 Å². The van der Waals surface area contributed by atoms with Gasteiger partial charge in [0, 0.05) is 12.3 Å². The van der Waals surface area contributed by atoms with E-state index >= 15 is 0 Å². The van der Waals surface area contributed by atoms with E-state index in [1.165, 1.54) is 7.11 Å². The normalized spacial score (nSPS) is 25.0. The topological polar surface area (TPSA) is 29.5 Å². The van der Waals surface area contributed by atoms with Gasteiger partial charge in [-0.1, -0.05) is 0 Å². The smallest absolute Gasteiger partial charge is 0.410 e. The Morgan fingerprint density at radius 3 is 2.90 bits per heavy atom. The van der Waals surface area contributed by atoms with Crippen molar-refractivity contribution in [2.45, 2.75) is 12.3 Å². The average molecular weight is 161 g/mol. The van der Waals surface area contributed by atoms with Gasteiger partial charge in [0.2, 0.25) is 0 Å². The van der Waals surface area contributed by atoms with E-state index in [2.05, 4.69) is 4.74 Å². The molecule has 1 unspecified atom stereocenters. The van der Waals surface area contributed by atoms with Crippen molar-refractivity contribution in [3.05, 3.63) is 0 Å². The van der Waals surface area contributed by atoms with E-state index in [9.17, 15) is 4.79 Å². The fourth-order valence-electron chi connectivity index (χ4n) is 0.950. The van der Waals surface area contributed by atoms with Gasteiger partial charge in [-0.05, 0) is 6.92 Å². The monoisotopic (exact) mass is 161 g/mol. The molecule has 0 N–H and O–H groups in total. The zero-order valence-corrected chi connectivity index (χ0v) is 6.98. The highest BCUT2D eigenvalue weighted by molar-refractivity contribution is 8.00. The molecule has 10 heavy (non-hydrogen) atoms.